The van der Waals surface area contributed by atoms with Crippen LogP contribution in [-0.4, -0.2) is 30.2 Å². The molecule has 1 aliphatic heterocycles. The van der Waals surface area contributed by atoms with Crippen molar-refractivity contribution in [2.45, 2.75) is 45.4 Å². The zero-order chi connectivity index (χ0) is 23.3. The molecule has 1 aliphatic rings. The highest BCUT2D eigenvalue weighted by Crippen LogP contribution is 2.36. The standard InChI is InChI=1S/C23H26F3N3O2S/c1-3-15(2)31-18-9-6-16(7-10-18)21(30)28-22(32)27-19-14-17(23(24,25)26)8-11-20(19)29-12-4-5-13-29/h6-11,14-15H,3-5,12-13H2,1-2H3,(H2,27,28,30,32)/t15-/m0/s1. The molecule has 3 rings (SSSR count). The highest BCUT2D eigenvalue weighted by Gasteiger charge is 2.32. The van der Waals surface area contributed by atoms with Gasteiger partial charge in [0.15, 0.2) is 5.11 Å². The van der Waals surface area contributed by atoms with E-state index in [1.165, 1.54) is 6.07 Å². The molecule has 172 valence electrons. The molecule has 0 saturated carbocycles. The Balaban J connectivity index is 1.71. The molecule has 1 fully saturated rings. The van der Waals surface area contributed by atoms with Gasteiger partial charge in [0.1, 0.15) is 5.75 Å². The lowest BCUT2D eigenvalue weighted by Crippen LogP contribution is -2.34. The van der Waals surface area contributed by atoms with Crippen molar-refractivity contribution in [3.05, 3.63) is 53.6 Å². The summed E-state index contributed by atoms with van der Waals surface area (Å²) in [5.41, 5.74) is 0.409. The number of alkyl halides is 3. The summed E-state index contributed by atoms with van der Waals surface area (Å²) in [4.78, 5) is 14.5. The second-order valence-electron chi connectivity index (χ2n) is 7.69. The van der Waals surface area contributed by atoms with Crippen LogP contribution in [0.5, 0.6) is 5.75 Å². The maximum absolute atomic E-state index is 13.2. The van der Waals surface area contributed by atoms with Crippen LogP contribution in [0.1, 0.15) is 49.0 Å². The van der Waals surface area contributed by atoms with Crippen molar-refractivity contribution in [1.82, 2.24) is 5.32 Å². The van der Waals surface area contributed by atoms with Gasteiger partial charge >= 0.3 is 6.18 Å². The molecule has 1 amide bonds. The van der Waals surface area contributed by atoms with Gasteiger partial charge in [-0.25, -0.2) is 0 Å². The van der Waals surface area contributed by atoms with Crippen LogP contribution < -0.4 is 20.3 Å². The van der Waals surface area contributed by atoms with Gasteiger partial charge in [-0.3, -0.25) is 10.1 Å². The van der Waals surface area contributed by atoms with Gasteiger partial charge < -0.3 is 15.0 Å². The fourth-order valence-corrected chi connectivity index (χ4v) is 3.58. The third-order valence-electron chi connectivity index (χ3n) is 5.27. The highest BCUT2D eigenvalue weighted by molar-refractivity contribution is 7.80. The Bertz CT molecular complexity index is 958. The van der Waals surface area contributed by atoms with Gasteiger partial charge in [0.2, 0.25) is 0 Å². The number of hydrogen-bond acceptors (Lipinski definition) is 4. The van der Waals surface area contributed by atoms with Crippen molar-refractivity contribution < 1.29 is 22.7 Å². The molecule has 0 radical (unpaired) electrons. The third kappa shape index (κ3) is 6.12. The summed E-state index contributed by atoms with van der Waals surface area (Å²) in [5.74, 6) is 0.183. The molecule has 2 N–H and O–H groups in total. The Morgan fingerprint density at radius 1 is 1.16 bits per heavy atom. The second kappa shape index (κ2) is 10.2. The van der Waals surface area contributed by atoms with E-state index in [-0.39, 0.29) is 16.9 Å². The van der Waals surface area contributed by atoms with Gasteiger partial charge in [-0.15, -0.1) is 0 Å². The fraction of sp³-hybridized carbons (Fsp3) is 0.391. The summed E-state index contributed by atoms with van der Waals surface area (Å²) < 4.78 is 45.4. The van der Waals surface area contributed by atoms with E-state index in [9.17, 15) is 18.0 Å². The highest BCUT2D eigenvalue weighted by atomic mass is 32.1. The lowest BCUT2D eigenvalue weighted by molar-refractivity contribution is -0.137. The van der Waals surface area contributed by atoms with E-state index >= 15 is 0 Å². The number of carbonyl (C=O) groups excluding carboxylic acids is 1. The number of amides is 1. The van der Waals surface area contributed by atoms with E-state index in [4.69, 9.17) is 17.0 Å². The number of ether oxygens (including phenoxy) is 1. The Kier molecular flexibility index (Phi) is 7.60. The topological polar surface area (TPSA) is 53.6 Å². The monoisotopic (exact) mass is 465 g/mol. The molecule has 0 aromatic heterocycles. The molecule has 0 aliphatic carbocycles. The fourth-order valence-electron chi connectivity index (χ4n) is 3.38. The van der Waals surface area contributed by atoms with Crippen LogP contribution >= 0.6 is 12.2 Å². The van der Waals surface area contributed by atoms with Crippen LogP contribution in [0.2, 0.25) is 0 Å². The minimum atomic E-state index is -4.48. The van der Waals surface area contributed by atoms with Crippen LogP contribution in [0.4, 0.5) is 24.5 Å². The van der Waals surface area contributed by atoms with Crippen LogP contribution in [0.25, 0.3) is 0 Å². The number of rotatable bonds is 6. The Morgan fingerprint density at radius 3 is 2.41 bits per heavy atom. The first-order chi connectivity index (χ1) is 15.2. The normalized spacial score (nSPS) is 14.7. The van der Waals surface area contributed by atoms with Gasteiger partial charge in [-0.1, -0.05) is 6.92 Å². The summed E-state index contributed by atoms with van der Waals surface area (Å²) in [6.45, 7) is 5.48. The minimum Gasteiger partial charge on any atom is -0.491 e. The van der Waals surface area contributed by atoms with Crippen LogP contribution in [0.3, 0.4) is 0 Å². The number of anilines is 2. The van der Waals surface area contributed by atoms with Gasteiger partial charge in [-0.2, -0.15) is 13.2 Å². The lowest BCUT2D eigenvalue weighted by atomic mass is 10.1. The molecule has 0 bridgehead atoms. The number of halogens is 3. The lowest BCUT2D eigenvalue weighted by Gasteiger charge is -2.23. The summed E-state index contributed by atoms with van der Waals surface area (Å²) in [5, 5.41) is 5.24. The smallest absolute Gasteiger partial charge is 0.416 e. The van der Waals surface area contributed by atoms with Crippen LogP contribution in [0, 0.1) is 0 Å². The Labute approximate surface area is 190 Å². The molecule has 9 heteroatoms. The summed E-state index contributed by atoms with van der Waals surface area (Å²) >= 11 is 5.21. The zero-order valence-electron chi connectivity index (χ0n) is 18.0. The van der Waals surface area contributed by atoms with Crippen LogP contribution in [0.15, 0.2) is 42.5 Å². The number of nitrogens with one attached hydrogen (secondary N) is 2. The molecule has 32 heavy (non-hydrogen) atoms. The zero-order valence-corrected chi connectivity index (χ0v) is 18.8. The molecule has 1 atom stereocenters. The van der Waals surface area contributed by atoms with E-state index < -0.39 is 17.6 Å². The van der Waals surface area contributed by atoms with Gasteiger partial charge in [0.05, 0.1) is 23.0 Å². The molecule has 1 heterocycles. The number of nitrogens with zero attached hydrogens (tertiary/aromatic N) is 1. The first-order valence-corrected chi connectivity index (χ1v) is 10.9. The van der Waals surface area contributed by atoms with Gasteiger partial charge in [-0.05, 0) is 80.9 Å². The average molecular weight is 466 g/mol. The molecule has 0 spiro atoms. The summed E-state index contributed by atoms with van der Waals surface area (Å²) in [6, 6.07) is 10.1. The van der Waals surface area contributed by atoms with E-state index in [0.717, 1.165) is 44.5 Å². The first-order valence-electron chi connectivity index (χ1n) is 10.5. The summed E-state index contributed by atoms with van der Waals surface area (Å²) in [7, 11) is 0. The van der Waals surface area contributed by atoms with Crippen LogP contribution in [-0.2, 0) is 6.18 Å². The Morgan fingerprint density at radius 2 is 1.81 bits per heavy atom. The summed E-state index contributed by atoms with van der Waals surface area (Å²) in [6.07, 6.45) is -1.62. The van der Waals surface area contributed by atoms with Gasteiger partial charge in [0.25, 0.3) is 5.91 Å². The van der Waals surface area contributed by atoms with Crippen molar-refractivity contribution in [3.8, 4) is 5.75 Å². The third-order valence-corrected chi connectivity index (χ3v) is 5.48. The molecule has 5 nitrogen and oxygen atoms in total. The van der Waals surface area contributed by atoms with Crippen molar-refractivity contribution in [2.24, 2.45) is 0 Å². The number of carbonyl (C=O) groups is 1. The molecule has 2 aromatic rings. The molecule has 1 saturated heterocycles. The van der Waals surface area contributed by atoms with Crippen molar-refractivity contribution >= 4 is 34.6 Å². The quantitative estimate of drug-likeness (QED) is 0.543. The van der Waals surface area contributed by atoms with E-state index in [1.807, 2.05) is 18.7 Å². The van der Waals surface area contributed by atoms with E-state index in [1.54, 1.807) is 24.3 Å². The van der Waals surface area contributed by atoms with Crippen molar-refractivity contribution in [3.63, 3.8) is 0 Å². The Hall–Kier alpha value is -2.81. The van der Waals surface area contributed by atoms with Gasteiger partial charge in [0, 0.05) is 18.7 Å². The van der Waals surface area contributed by atoms with Crippen molar-refractivity contribution in [2.75, 3.05) is 23.3 Å². The largest absolute Gasteiger partial charge is 0.491 e. The second-order valence-corrected chi connectivity index (χ2v) is 8.10. The predicted molar refractivity (Wildman–Crippen MR) is 123 cm³/mol. The first kappa shape index (κ1) is 23.8. The average Bonchev–Trinajstić information content (AvgIpc) is 3.28. The number of thiocarbonyl (C=S) groups is 1. The molecular weight excluding hydrogens is 439 g/mol. The van der Waals surface area contributed by atoms with Crippen molar-refractivity contribution in [1.29, 1.82) is 0 Å². The maximum atomic E-state index is 13.2. The predicted octanol–water partition coefficient (Wildman–Crippen LogP) is 5.61. The minimum absolute atomic E-state index is 0.0590. The number of benzene rings is 2. The molecule has 2 aromatic carbocycles. The van der Waals surface area contributed by atoms with E-state index in [0.29, 0.717) is 17.0 Å². The SMILES string of the molecule is CC[C@H](C)Oc1ccc(C(=O)NC(=S)Nc2cc(C(F)(F)F)ccc2N2CCCC2)cc1. The maximum Gasteiger partial charge on any atom is 0.416 e. The van der Waals surface area contributed by atoms with E-state index in [2.05, 4.69) is 10.6 Å². The molecular formula is C23H26F3N3O2S. The number of hydrogen-bond donors (Lipinski definition) is 2. The molecule has 0 unspecified atom stereocenters.